The fourth-order valence-electron chi connectivity index (χ4n) is 3.15. The Kier molecular flexibility index (Phi) is 5.31. The summed E-state index contributed by atoms with van der Waals surface area (Å²) < 4.78 is 6.58. The van der Waals surface area contributed by atoms with Crippen molar-refractivity contribution in [3.8, 4) is 0 Å². The van der Waals surface area contributed by atoms with E-state index in [9.17, 15) is 14.4 Å². The van der Waals surface area contributed by atoms with Gasteiger partial charge in [-0.2, -0.15) is 0 Å². The third kappa shape index (κ3) is 3.88. The molecule has 0 atom stereocenters. The molecule has 1 fully saturated rings. The van der Waals surface area contributed by atoms with Crippen molar-refractivity contribution < 1.29 is 14.3 Å². The smallest absolute Gasteiger partial charge is 0.261 e. The highest BCUT2D eigenvalue weighted by Gasteiger charge is 2.19. The van der Waals surface area contributed by atoms with Crippen LogP contribution < -0.4 is 5.56 Å². The van der Waals surface area contributed by atoms with Gasteiger partial charge in [0.25, 0.3) is 5.56 Å². The summed E-state index contributed by atoms with van der Waals surface area (Å²) in [5.41, 5.74) is 0.370. The molecule has 0 N–H and O–H groups in total. The van der Waals surface area contributed by atoms with Crippen LogP contribution in [0.2, 0.25) is 0 Å². The Morgan fingerprint density at radius 1 is 1.11 bits per heavy atom. The van der Waals surface area contributed by atoms with Gasteiger partial charge < -0.3 is 9.64 Å². The number of benzene rings is 1. The van der Waals surface area contributed by atoms with E-state index in [1.165, 1.54) is 22.2 Å². The normalized spacial score (nSPS) is 14.4. The van der Waals surface area contributed by atoms with E-state index in [4.69, 9.17) is 4.74 Å². The summed E-state index contributed by atoms with van der Waals surface area (Å²) in [6.45, 7) is 2.26. The number of thiophene rings is 1. The highest BCUT2D eigenvalue weighted by atomic mass is 32.1. The summed E-state index contributed by atoms with van der Waals surface area (Å²) in [6.07, 6.45) is 1.68. The van der Waals surface area contributed by atoms with Gasteiger partial charge in [0.15, 0.2) is 5.78 Å². The maximum Gasteiger partial charge on any atom is 0.261 e. The summed E-state index contributed by atoms with van der Waals surface area (Å²) in [7, 11) is 0. The van der Waals surface area contributed by atoms with Crippen LogP contribution in [-0.2, 0) is 22.5 Å². The quantitative estimate of drug-likeness (QED) is 0.613. The lowest BCUT2D eigenvalue weighted by Gasteiger charge is -2.26. The Morgan fingerprint density at radius 2 is 1.89 bits per heavy atom. The van der Waals surface area contributed by atoms with Crippen LogP contribution in [0.1, 0.15) is 14.5 Å². The minimum atomic E-state index is -0.238. The Morgan fingerprint density at radius 3 is 2.71 bits per heavy atom. The van der Waals surface area contributed by atoms with Gasteiger partial charge >= 0.3 is 0 Å². The number of amides is 1. The molecule has 1 amide bonds. The fourth-order valence-corrected chi connectivity index (χ4v) is 4.08. The Hall–Kier alpha value is -2.84. The van der Waals surface area contributed by atoms with E-state index in [0.717, 1.165) is 4.88 Å². The largest absolute Gasteiger partial charge is 0.378 e. The topological polar surface area (TPSA) is 81.5 Å². The molecule has 144 valence electrons. The minimum Gasteiger partial charge on any atom is -0.378 e. The minimum absolute atomic E-state index is 0.0408. The zero-order valence-corrected chi connectivity index (χ0v) is 16.0. The maximum absolute atomic E-state index is 12.6. The zero-order valence-electron chi connectivity index (χ0n) is 15.2. The lowest BCUT2D eigenvalue weighted by molar-refractivity contribution is -0.134. The van der Waals surface area contributed by atoms with E-state index in [1.807, 2.05) is 6.07 Å². The van der Waals surface area contributed by atoms with E-state index in [1.54, 1.807) is 35.2 Å². The van der Waals surface area contributed by atoms with E-state index < -0.39 is 0 Å². The van der Waals surface area contributed by atoms with E-state index >= 15 is 0 Å². The number of ether oxygens (including phenoxy) is 1. The Balaban J connectivity index is 1.45. The highest BCUT2D eigenvalue weighted by molar-refractivity contribution is 7.14. The molecule has 3 aromatic rings. The second-order valence-electron chi connectivity index (χ2n) is 6.55. The number of ketones is 1. The number of hydrogen-bond acceptors (Lipinski definition) is 6. The first-order valence-corrected chi connectivity index (χ1v) is 9.85. The number of Topliss-reactive ketones (excluding diaryl/α,β-unsaturated/α-hetero) is 1. The molecule has 0 radical (unpaired) electrons. The van der Waals surface area contributed by atoms with Crippen molar-refractivity contribution in [3.05, 3.63) is 62.8 Å². The van der Waals surface area contributed by atoms with Gasteiger partial charge in [-0.05, 0) is 24.3 Å². The number of carbonyl (C=O) groups is 2. The van der Waals surface area contributed by atoms with Crippen LogP contribution in [0.4, 0.5) is 0 Å². The molecule has 0 spiro atoms. The number of rotatable bonds is 5. The molecule has 1 aromatic carbocycles. The molecule has 1 aliphatic rings. The van der Waals surface area contributed by atoms with Crippen LogP contribution >= 0.6 is 11.3 Å². The van der Waals surface area contributed by atoms with Gasteiger partial charge in [-0.3, -0.25) is 19.0 Å². The molecule has 2 aromatic heterocycles. The molecule has 0 saturated carbocycles. The molecule has 3 heterocycles. The molecule has 8 heteroatoms. The predicted molar refractivity (Wildman–Crippen MR) is 106 cm³/mol. The molecule has 7 nitrogen and oxygen atoms in total. The van der Waals surface area contributed by atoms with Crippen molar-refractivity contribution in [2.75, 3.05) is 26.3 Å². The molecule has 0 aliphatic carbocycles. The van der Waals surface area contributed by atoms with Crippen LogP contribution in [-0.4, -0.2) is 52.4 Å². The van der Waals surface area contributed by atoms with Gasteiger partial charge in [-0.15, -0.1) is 11.3 Å². The van der Waals surface area contributed by atoms with Crippen LogP contribution in [0.5, 0.6) is 0 Å². The van der Waals surface area contributed by atoms with Crippen molar-refractivity contribution in [3.63, 3.8) is 0 Å². The molecular weight excluding hydrogens is 378 g/mol. The lowest BCUT2D eigenvalue weighted by Crippen LogP contribution is -2.41. The number of hydrogen-bond donors (Lipinski definition) is 0. The van der Waals surface area contributed by atoms with Gasteiger partial charge in [-0.1, -0.05) is 12.1 Å². The molecule has 28 heavy (non-hydrogen) atoms. The van der Waals surface area contributed by atoms with E-state index in [0.29, 0.717) is 42.1 Å². The van der Waals surface area contributed by atoms with Crippen molar-refractivity contribution in [1.29, 1.82) is 0 Å². The summed E-state index contributed by atoms with van der Waals surface area (Å²) in [5, 5.41) is 0.487. The second-order valence-corrected chi connectivity index (χ2v) is 7.72. The first-order valence-electron chi connectivity index (χ1n) is 9.03. The maximum atomic E-state index is 12.6. The number of aromatic nitrogens is 2. The van der Waals surface area contributed by atoms with E-state index in [-0.39, 0.29) is 30.2 Å². The number of para-hydroxylation sites is 1. The first-order chi connectivity index (χ1) is 13.6. The van der Waals surface area contributed by atoms with Crippen LogP contribution in [0.3, 0.4) is 0 Å². The fraction of sp³-hybridized carbons (Fsp3) is 0.300. The van der Waals surface area contributed by atoms with Gasteiger partial charge in [0, 0.05) is 18.0 Å². The predicted octanol–water partition coefficient (Wildman–Crippen LogP) is 1.74. The molecular formula is C20H19N3O4S. The Bertz CT molecular complexity index is 1080. The molecule has 4 rings (SSSR count). The monoisotopic (exact) mass is 397 g/mol. The molecule has 0 bridgehead atoms. The molecule has 0 unspecified atom stereocenters. The van der Waals surface area contributed by atoms with Gasteiger partial charge in [0.05, 0.1) is 48.3 Å². The summed E-state index contributed by atoms with van der Waals surface area (Å²) >= 11 is 1.30. The van der Waals surface area contributed by atoms with Crippen LogP contribution in [0, 0.1) is 0 Å². The number of nitrogens with zero attached hydrogens (tertiary/aromatic N) is 3. The third-order valence-corrected chi connectivity index (χ3v) is 5.80. The third-order valence-electron chi connectivity index (χ3n) is 4.67. The van der Waals surface area contributed by atoms with Crippen LogP contribution in [0.15, 0.2) is 47.5 Å². The van der Waals surface area contributed by atoms with Crippen molar-refractivity contribution in [2.45, 2.75) is 13.0 Å². The van der Waals surface area contributed by atoms with Gasteiger partial charge in [0.1, 0.15) is 0 Å². The zero-order chi connectivity index (χ0) is 19.5. The van der Waals surface area contributed by atoms with Crippen molar-refractivity contribution in [1.82, 2.24) is 14.5 Å². The van der Waals surface area contributed by atoms with Crippen LogP contribution in [0.25, 0.3) is 10.9 Å². The first kappa shape index (κ1) is 18.5. The summed E-state index contributed by atoms with van der Waals surface area (Å²) in [6, 6.07) is 10.6. The standard InChI is InChI=1S/C20H19N3O4S/c24-17(12-23-13-21-16-4-2-1-3-15(16)20(23)26)18-6-5-14(28-18)11-19(25)22-7-9-27-10-8-22/h1-6,13H,7-12H2. The average Bonchev–Trinajstić information content (AvgIpc) is 3.19. The number of carbonyl (C=O) groups excluding carboxylic acids is 2. The average molecular weight is 397 g/mol. The molecule has 1 saturated heterocycles. The molecule has 1 aliphatic heterocycles. The number of fused-ring (bicyclic) bond motifs is 1. The van der Waals surface area contributed by atoms with Gasteiger partial charge in [0.2, 0.25) is 5.91 Å². The summed E-state index contributed by atoms with van der Waals surface area (Å²) in [5.74, 6) is -0.131. The second kappa shape index (κ2) is 8.04. The lowest BCUT2D eigenvalue weighted by atomic mass is 10.2. The summed E-state index contributed by atoms with van der Waals surface area (Å²) in [4.78, 5) is 44.9. The Labute approximate surface area is 165 Å². The number of morpholine rings is 1. The van der Waals surface area contributed by atoms with Gasteiger partial charge in [-0.25, -0.2) is 4.98 Å². The van der Waals surface area contributed by atoms with Crippen molar-refractivity contribution >= 4 is 33.9 Å². The van der Waals surface area contributed by atoms with Crippen molar-refractivity contribution in [2.24, 2.45) is 0 Å². The van der Waals surface area contributed by atoms with E-state index in [2.05, 4.69) is 4.98 Å². The SMILES string of the molecule is O=C(Cn1cnc2ccccc2c1=O)c1ccc(CC(=O)N2CCOCC2)s1. The highest BCUT2D eigenvalue weighted by Crippen LogP contribution is 2.19.